The number of aryl methyl sites for hydroxylation is 2. The number of ether oxygens (including phenoxy) is 2. The molecule has 112 valence electrons. The van der Waals surface area contributed by atoms with E-state index >= 15 is 0 Å². The maximum Gasteiger partial charge on any atom is 0.338 e. The van der Waals surface area contributed by atoms with Gasteiger partial charge in [-0.3, -0.25) is 4.68 Å². The Morgan fingerprint density at radius 1 is 1.38 bits per heavy atom. The minimum absolute atomic E-state index is 0.324. The highest BCUT2D eigenvalue weighted by molar-refractivity contribution is 5.91. The van der Waals surface area contributed by atoms with Crippen molar-refractivity contribution in [3.63, 3.8) is 0 Å². The van der Waals surface area contributed by atoms with E-state index in [2.05, 4.69) is 5.10 Å². The van der Waals surface area contributed by atoms with Gasteiger partial charge in [0, 0.05) is 7.05 Å². The zero-order valence-corrected chi connectivity index (χ0v) is 12.6. The number of nitrogen functional groups attached to an aromatic ring is 1. The first kappa shape index (κ1) is 14.9. The van der Waals surface area contributed by atoms with Gasteiger partial charge in [0.25, 0.3) is 0 Å². The molecule has 0 aliphatic heterocycles. The molecule has 0 spiro atoms. The van der Waals surface area contributed by atoms with E-state index in [9.17, 15) is 4.79 Å². The maximum atomic E-state index is 11.6. The molecule has 0 saturated heterocycles. The summed E-state index contributed by atoms with van der Waals surface area (Å²) in [5.41, 5.74) is 8.42. The molecule has 2 aromatic rings. The predicted molar refractivity (Wildman–Crippen MR) is 79.6 cm³/mol. The van der Waals surface area contributed by atoms with E-state index in [0.717, 1.165) is 11.4 Å². The molecular weight excluding hydrogens is 270 g/mol. The summed E-state index contributed by atoms with van der Waals surface area (Å²) in [5.74, 6) is 0.764. The summed E-state index contributed by atoms with van der Waals surface area (Å²) >= 11 is 0. The van der Waals surface area contributed by atoms with Gasteiger partial charge in [-0.25, -0.2) is 4.79 Å². The number of benzene rings is 1. The lowest BCUT2D eigenvalue weighted by molar-refractivity contribution is 0.0526. The van der Waals surface area contributed by atoms with E-state index in [1.807, 2.05) is 20.9 Å². The van der Waals surface area contributed by atoms with Gasteiger partial charge in [-0.05, 0) is 39.0 Å². The van der Waals surface area contributed by atoms with Crippen LogP contribution in [0.15, 0.2) is 18.2 Å². The number of anilines is 1. The minimum Gasteiger partial charge on any atom is -0.462 e. The zero-order chi connectivity index (χ0) is 15.6. The van der Waals surface area contributed by atoms with Crippen LogP contribution in [-0.2, 0) is 11.8 Å². The Morgan fingerprint density at radius 2 is 2.10 bits per heavy atom. The van der Waals surface area contributed by atoms with Crippen molar-refractivity contribution in [3.05, 3.63) is 35.2 Å². The van der Waals surface area contributed by atoms with Gasteiger partial charge < -0.3 is 15.2 Å². The lowest BCUT2D eigenvalue weighted by atomic mass is 10.2. The first-order valence-corrected chi connectivity index (χ1v) is 6.68. The van der Waals surface area contributed by atoms with E-state index in [4.69, 9.17) is 15.2 Å². The van der Waals surface area contributed by atoms with E-state index < -0.39 is 5.97 Å². The SMILES string of the molecule is CCOC(=O)c1ccc(Oc2c(C)nn(C)c2C)c(N)c1. The molecule has 0 saturated carbocycles. The van der Waals surface area contributed by atoms with Crippen LogP contribution in [0.1, 0.15) is 28.7 Å². The summed E-state index contributed by atoms with van der Waals surface area (Å²) in [6, 6.07) is 4.84. The summed E-state index contributed by atoms with van der Waals surface area (Å²) in [6.45, 7) is 5.86. The Labute approximate surface area is 123 Å². The molecule has 21 heavy (non-hydrogen) atoms. The van der Waals surface area contributed by atoms with Gasteiger partial charge in [0.2, 0.25) is 0 Å². The van der Waals surface area contributed by atoms with Crippen LogP contribution in [0.4, 0.5) is 5.69 Å². The molecule has 6 heteroatoms. The van der Waals surface area contributed by atoms with Crippen LogP contribution in [-0.4, -0.2) is 22.4 Å². The van der Waals surface area contributed by atoms with Crippen molar-refractivity contribution in [2.45, 2.75) is 20.8 Å². The molecule has 1 heterocycles. The van der Waals surface area contributed by atoms with E-state index in [-0.39, 0.29) is 0 Å². The quantitative estimate of drug-likeness (QED) is 0.691. The Morgan fingerprint density at radius 3 is 2.62 bits per heavy atom. The number of esters is 1. The average Bonchev–Trinajstić information content (AvgIpc) is 2.67. The van der Waals surface area contributed by atoms with Gasteiger partial charge in [-0.15, -0.1) is 0 Å². The molecule has 1 aromatic heterocycles. The van der Waals surface area contributed by atoms with Crippen LogP contribution in [0, 0.1) is 13.8 Å². The predicted octanol–water partition coefficient (Wildman–Crippen LogP) is 2.59. The van der Waals surface area contributed by atoms with Crippen molar-refractivity contribution in [2.24, 2.45) is 7.05 Å². The first-order chi connectivity index (χ1) is 9.93. The summed E-state index contributed by atoms with van der Waals surface area (Å²) in [7, 11) is 1.85. The lowest BCUT2D eigenvalue weighted by Crippen LogP contribution is -2.05. The first-order valence-electron chi connectivity index (χ1n) is 6.68. The minimum atomic E-state index is -0.399. The summed E-state index contributed by atoms with van der Waals surface area (Å²) < 4.78 is 12.5. The molecule has 1 aromatic carbocycles. The average molecular weight is 289 g/mol. The Hall–Kier alpha value is -2.50. The smallest absolute Gasteiger partial charge is 0.338 e. The molecule has 0 amide bonds. The van der Waals surface area contributed by atoms with Crippen LogP contribution in [0.25, 0.3) is 0 Å². The largest absolute Gasteiger partial charge is 0.462 e. The van der Waals surface area contributed by atoms with E-state index in [1.54, 1.807) is 29.8 Å². The highest BCUT2D eigenvalue weighted by atomic mass is 16.5. The number of aromatic nitrogens is 2. The monoisotopic (exact) mass is 289 g/mol. The Balaban J connectivity index is 2.27. The fourth-order valence-corrected chi connectivity index (χ4v) is 1.99. The molecule has 0 unspecified atom stereocenters. The van der Waals surface area contributed by atoms with Gasteiger partial charge in [0.1, 0.15) is 5.69 Å². The van der Waals surface area contributed by atoms with Gasteiger partial charge in [0.15, 0.2) is 11.5 Å². The summed E-state index contributed by atoms with van der Waals surface area (Å²) in [5, 5.41) is 4.28. The van der Waals surface area contributed by atoms with E-state index in [1.165, 1.54) is 0 Å². The van der Waals surface area contributed by atoms with Gasteiger partial charge in [-0.2, -0.15) is 5.10 Å². The molecule has 0 atom stereocenters. The summed E-state index contributed by atoms with van der Waals surface area (Å²) in [4.78, 5) is 11.6. The molecule has 0 aliphatic rings. The van der Waals surface area contributed by atoms with Gasteiger partial charge in [-0.1, -0.05) is 0 Å². The van der Waals surface area contributed by atoms with Crippen LogP contribution in [0.3, 0.4) is 0 Å². The van der Waals surface area contributed by atoms with Gasteiger partial charge in [0.05, 0.1) is 23.6 Å². The van der Waals surface area contributed by atoms with Crippen molar-refractivity contribution >= 4 is 11.7 Å². The number of carbonyl (C=O) groups excluding carboxylic acids is 1. The second kappa shape index (κ2) is 5.87. The van der Waals surface area contributed by atoms with Crippen LogP contribution < -0.4 is 10.5 Å². The van der Waals surface area contributed by atoms with Crippen molar-refractivity contribution in [3.8, 4) is 11.5 Å². The summed E-state index contributed by atoms with van der Waals surface area (Å²) in [6.07, 6.45) is 0. The van der Waals surface area contributed by atoms with Crippen molar-refractivity contribution in [2.75, 3.05) is 12.3 Å². The van der Waals surface area contributed by atoms with Crippen molar-refractivity contribution < 1.29 is 14.3 Å². The highest BCUT2D eigenvalue weighted by Crippen LogP contribution is 2.32. The number of carbonyl (C=O) groups is 1. The number of nitrogens with two attached hydrogens (primary N) is 1. The van der Waals surface area contributed by atoms with Crippen LogP contribution >= 0.6 is 0 Å². The van der Waals surface area contributed by atoms with Crippen molar-refractivity contribution in [1.82, 2.24) is 9.78 Å². The van der Waals surface area contributed by atoms with E-state index in [0.29, 0.717) is 29.4 Å². The second-order valence-corrected chi connectivity index (χ2v) is 4.70. The molecule has 0 radical (unpaired) electrons. The molecule has 2 rings (SSSR count). The second-order valence-electron chi connectivity index (χ2n) is 4.70. The standard InChI is InChI=1S/C15H19N3O3/c1-5-20-15(19)11-6-7-13(12(16)8-11)21-14-9(2)17-18(4)10(14)3/h6-8H,5,16H2,1-4H3. The maximum absolute atomic E-state index is 11.6. The number of nitrogens with zero attached hydrogens (tertiary/aromatic N) is 2. The molecule has 0 fully saturated rings. The number of hydrogen-bond acceptors (Lipinski definition) is 5. The number of rotatable bonds is 4. The fourth-order valence-electron chi connectivity index (χ4n) is 1.99. The lowest BCUT2D eigenvalue weighted by Gasteiger charge is -2.10. The molecule has 0 bridgehead atoms. The Kier molecular flexibility index (Phi) is 4.16. The number of hydrogen-bond donors (Lipinski definition) is 1. The van der Waals surface area contributed by atoms with Crippen molar-refractivity contribution in [1.29, 1.82) is 0 Å². The molecule has 0 aliphatic carbocycles. The Bertz CT molecular complexity index is 677. The fraction of sp³-hybridized carbons (Fsp3) is 0.333. The third-order valence-electron chi connectivity index (χ3n) is 3.18. The highest BCUT2D eigenvalue weighted by Gasteiger charge is 2.15. The molecule has 6 nitrogen and oxygen atoms in total. The topological polar surface area (TPSA) is 79.4 Å². The van der Waals surface area contributed by atoms with Gasteiger partial charge >= 0.3 is 5.97 Å². The molecular formula is C15H19N3O3. The van der Waals surface area contributed by atoms with Crippen LogP contribution in [0.5, 0.6) is 11.5 Å². The van der Waals surface area contributed by atoms with Crippen LogP contribution in [0.2, 0.25) is 0 Å². The normalized spacial score (nSPS) is 10.5. The zero-order valence-electron chi connectivity index (χ0n) is 12.6. The third-order valence-corrected chi connectivity index (χ3v) is 3.18. The molecule has 2 N–H and O–H groups in total. The third kappa shape index (κ3) is 2.99.